The van der Waals surface area contributed by atoms with Gasteiger partial charge in [0.1, 0.15) is 0 Å². The van der Waals surface area contributed by atoms with E-state index in [1.807, 2.05) is 6.07 Å². The fraction of sp³-hybridized carbons (Fsp3) is 0.600. The van der Waals surface area contributed by atoms with Crippen molar-refractivity contribution < 1.29 is 8.42 Å². The van der Waals surface area contributed by atoms with Crippen molar-refractivity contribution >= 4 is 32.8 Å². The van der Waals surface area contributed by atoms with Crippen LogP contribution >= 0.6 is 22.9 Å². The van der Waals surface area contributed by atoms with E-state index in [1.165, 1.54) is 17.6 Å². The molecule has 0 aliphatic heterocycles. The third kappa shape index (κ3) is 2.59. The summed E-state index contributed by atoms with van der Waals surface area (Å²) in [5, 5.41) is 3.05. The van der Waals surface area contributed by atoms with Crippen LogP contribution in [0.3, 0.4) is 0 Å². The molecule has 1 aromatic rings. The third-order valence-corrected chi connectivity index (χ3v) is 6.26. The van der Waals surface area contributed by atoms with Crippen molar-refractivity contribution in [3.63, 3.8) is 0 Å². The Morgan fingerprint density at radius 3 is 2.31 bits per heavy atom. The molecule has 1 aromatic heterocycles. The predicted octanol–water partition coefficient (Wildman–Crippen LogP) is 2.49. The highest BCUT2D eigenvalue weighted by Crippen LogP contribution is 2.36. The maximum Gasteiger partial charge on any atom is 0.154 e. The average molecular weight is 282 g/mol. The van der Waals surface area contributed by atoms with E-state index in [4.69, 9.17) is 11.6 Å². The highest BCUT2D eigenvalue weighted by atomic mass is 35.5. The smallest absolute Gasteiger partial charge is 0.154 e. The van der Waals surface area contributed by atoms with Gasteiger partial charge < -0.3 is 5.32 Å². The molecule has 1 N–H and O–H groups in total. The van der Waals surface area contributed by atoms with Gasteiger partial charge in [-0.3, -0.25) is 0 Å². The van der Waals surface area contributed by atoms with Crippen LogP contribution in [0.25, 0.3) is 0 Å². The molecule has 16 heavy (non-hydrogen) atoms. The molecule has 0 saturated heterocycles. The Hall–Kier alpha value is -0.100. The van der Waals surface area contributed by atoms with Crippen LogP contribution in [0, 0.1) is 0 Å². The lowest BCUT2D eigenvalue weighted by Crippen LogP contribution is -2.43. The predicted molar refractivity (Wildman–Crippen MR) is 70.1 cm³/mol. The normalized spacial score (nSPS) is 15.1. The zero-order valence-corrected chi connectivity index (χ0v) is 12.1. The van der Waals surface area contributed by atoms with Crippen molar-refractivity contribution in [3.8, 4) is 0 Å². The van der Waals surface area contributed by atoms with Gasteiger partial charge in [0, 0.05) is 11.1 Å². The molecule has 0 aromatic carbocycles. The van der Waals surface area contributed by atoms with Crippen molar-refractivity contribution in [2.24, 2.45) is 0 Å². The summed E-state index contributed by atoms with van der Waals surface area (Å²) >= 11 is 7.27. The van der Waals surface area contributed by atoms with E-state index in [2.05, 4.69) is 5.32 Å². The molecule has 92 valence electrons. The first-order chi connectivity index (χ1) is 7.20. The molecule has 1 rings (SSSR count). The van der Waals surface area contributed by atoms with Crippen molar-refractivity contribution in [1.82, 2.24) is 5.32 Å². The molecule has 0 bridgehead atoms. The summed E-state index contributed by atoms with van der Waals surface area (Å²) in [5.41, 5.74) is 0. The highest BCUT2D eigenvalue weighted by molar-refractivity contribution is 7.92. The number of thiophene rings is 1. The van der Waals surface area contributed by atoms with Crippen LogP contribution in [-0.2, 0) is 9.84 Å². The van der Waals surface area contributed by atoms with E-state index in [0.29, 0.717) is 4.34 Å². The van der Waals surface area contributed by atoms with Crippen molar-refractivity contribution in [2.75, 3.05) is 13.3 Å². The van der Waals surface area contributed by atoms with Crippen LogP contribution in [0.5, 0.6) is 0 Å². The quantitative estimate of drug-likeness (QED) is 0.922. The minimum absolute atomic E-state index is 0.250. The fourth-order valence-corrected chi connectivity index (χ4v) is 3.64. The van der Waals surface area contributed by atoms with Gasteiger partial charge in [0.25, 0.3) is 0 Å². The Bertz CT molecular complexity index is 465. The number of nitrogens with one attached hydrogen (secondary N) is 1. The lowest BCUT2D eigenvalue weighted by atomic mass is 10.0. The van der Waals surface area contributed by atoms with Gasteiger partial charge >= 0.3 is 0 Å². The molecule has 3 nitrogen and oxygen atoms in total. The topological polar surface area (TPSA) is 46.2 Å². The molecule has 0 saturated carbocycles. The molecule has 6 heteroatoms. The zero-order chi connectivity index (χ0) is 12.6. The van der Waals surface area contributed by atoms with Gasteiger partial charge in [0.15, 0.2) is 9.84 Å². The lowest BCUT2D eigenvalue weighted by molar-refractivity contribution is 0.451. The molecule has 0 spiro atoms. The van der Waals surface area contributed by atoms with Crippen LogP contribution in [-0.4, -0.2) is 26.5 Å². The second-order valence-electron chi connectivity index (χ2n) is 4.24. The van der Waals surface area contributed by atoms with E-state index in [1.54, 1.807) is 27.0 Å². The molecule has 0 aliphatic carbocycles. The first-order valence-corrected chi connectivity index (χ1v) is 7.91. The zero-order valence-electron chi connectivity index (χ0n) is 9.74. The van der Waals surface area contributed by atoms with Crippen LogP contribution < -0.4 is 5.32 Å². The van der Waals surface area contributed by atoms with Crippen molar-refractivity contribution in [1.29, 1.82) is 0 Å². The average Bonchev–Trinajstić information content (AvgIpc) is 2.50. The summed E-state index contributed by atoms with van der Waals surface area (Å²) in [6.45, 7) is 3.44. The van der Waals surface area contributed by atoms with Gasteiger partial charge in [0.2, 0.25) is 0 Å². The Balaban J connectivity index is 3.18. The van der Waals surface area contributed by atoms with Gasteiger partial charge in [-0.15, -0.1) is 11.3 Å². The summed E-state index contributed by atoms with van der Waals surface area (Å²) in [5.74, 6) is 0. The molecule has 0 fully saturated rings. The molecule has 0 aliphatic rings. The minimum Gasteiger partial charge on any atom is -0.311 e. The second kappa shape index (κ2) is 4.64. The third-order valence-electron chi connectivity index (χ3n) is 2.82. The number of hydrogen-bond donors (Lipinski definition) is 1. The first kappa shape index (κ1) is 14.0. The maximum absolute atomic E-state index is 11.8. The lowest BCUT2D eigenvalue weighted by Gasteiger charge is -2.31. The summed E-state index contributed by atoms with van der Waals surface area (Å²) in [4.78, 5) is 0.933. The number of halogens is 1. The first-order valence-electron chi connectivity index (χ1n) is 4.82. The van der Waals surface area contributed by atoms with Gasteiger partial charge in [-0.2, -0.15) is 0 Å². The minimum atomic E-state index is -3.15. The summed E-state index contributed by atoms with van der Waals surface area (Å²) in [6, 6.07) is 3.39. The molecular weight excluding hydrogens is 266 g/mol. The molecule has 0 radical (unpaired) electrons. The number of hydrogen-bond acceptors (Lipinski definition) is 4. The Labute approximate surface area is 106 Å². The number of sulfone groups is 1. The van der Waals surface area contributed by atoms with E-state index < -0.39 is 14.6 Å². The molecule has 1 atom stereocenters. The van der Waals surface area contributed by atoms with Gasteiger partial charge in [-0.25, -0.2) is 8.42 Å². The van der Waals surface area contributed by atoms with Crippen molar-refractivity contribution in [2.45, 2.75) is 24.6 Å². The maximum atomic E-state index is 11.8. The Kier molecular flexibility index (Phi) is 4.05. The second-order valence-corrected chi connectivity index (χ2v) is 8.58. The van der Waals surface area contributed by atoms with E-state index in [9.17, 15) is 8.42 Å². The van der Waals surface area contributed by atoms with Crippen LogP contribution in [0.15, 0.2) is 12.1 Å². The summed E-state index contributed by atoms with van der Waals surface area (Å²) < 4.78 is 23.3. The van der Waals surface area contributed by atoms with Crippen LogP contribution in [0.4, 0.5) is 0 Å². The Morgan fingerprint density at radius 2 is 2.00 bits per heavy atom. The van der Waals surface area contributed by atoms with Crippen LogP contribution in [0.2, 0.25) is 4.34 Å². The van der Waals surface area contributed by atoms with Gasteiger partial charge in [-0.05, 0) is 33.0 Å². The van der Waals surface area contributed by atoms with Gasteiger partial charge in [0.05, 0.1) is 15.1 Å². The molecular formula is C10H16ClNO2S2. The largest absolute Gasteiger partial charge is 0.311 e. The molecule has 1 unspecified atom stereocenters. The van der Waals surface area contributed by atoms with E-state index in [-0.39, 0.29) is 6.04 Å². The molecule has 0 amide bonds. The summed E-state index contributed by atoms with van der Waals surface area (Å²) in [7, 11) is -1.40. The van der Waals surface area contributed by atoms with E-state index in [0.717, 1.165) is 4.88 Å². The van der Waals surface area contributed by atoms with E-state index >= 15 is 0 Å². The van der Waals surface area contributed by atoms with Crippen LogP contribution in [0.1, 0.15) is 24.8 Å². The summed E-state index contributed by atoms with van der Waals surface area (Å²) in [6.07, 6.45) is 1.26. The Morgan fingerprint density at radius 1 is 1.44 bits per heavy atom. The number of rotatable bonds is 4. The fourth-order valence-electron chi connectivity index (χ4n) is 1.53. The molecule has 1 heterocycles. The monoisotopic (exact) mass is 281 g/mol. The SMILES string of the molecule is CNC(c1ccc(Cl)s1)C(C)(C)S(C)(=O)=O. The highest BCUT2D eigenvalue weighted by Gasteiger charge is 2.39. The standard InChI is InChI=1S/C10H16ClNO2S2/c1-10(2,16(4,13)14)9(12-3)7-5-6-8(11)15-7/h5-6,9,12H,1-4H3. The van der Waals surface area contributed by atoms with Gasteiger partial charge in [-0.1, -0.05) is 11.6 Å². The van der Waals surface area contributed by atoms with Crippen molar-refractivity contribution in [3.05, 3.63) is 21.3 Å².